The van der Waals surface area contributed by atoms with Crippen molar-refractivity contribution in [3.05, 3.63) is 16.7 Å². The topological polar surface area (TPSA) is 265 Å². The number of fused-ring (bicyclic) bond motifs is 1. The first-order valence-corrected chi connectivity index (χ1v) is 16.1. The summed E-state index contributed by atoms with van der Waals surface area (Å²) in [7, 11) is -12.8. The molecule has 18 nitrogen and oxygen atoms in total. The first-order chi connectivity index (χ1) is 18.2. The Balaban J connectivity index is 1.85. The van der Waals surface area contributed by atoms with E-state index in [1.807, 2.05) is 6.07 Å². The SMILES string of the molecule is CC(C)C(=O)Nc1nc2c(ncn2C2CC(O[PH](=O)OCCC#N)C(COP(=O)(O)CP(=O)(O)O)O2)c(=O)[nH]1. The number of carbonyl (C=O) groups is 1. The fourth-order valence-corrected chi connectivity index (χ4v) is 6.80. The van der Waals surface area contributed by atoms with Crippen molar-refractivity contribution in [3.63, 3.8) is 0 Å². The van der Waals surface area contributed by atoms with E-state index in [0.717, 1.165) is 0 Å². The van der Waals surface area contributed by atoms with Gasteiger partial charge in [-0.3, -0.25) is 38.2 Å². The molecule has 0 spiro atoms. The minimum Gasteiger partial charge on any atom is -0.349 e. The van der Waals surface area contributed by atoms with Crippen LogP contribution in [0.5, 0.6) is 0 Å². The van der Waals surface area contributed by atoms with Crippen LogP contribution in [0, 0.1) is 17.2 Å². The van der Waals surface area contributed by atoms with Gasteiger partial charge in [0, 0.05) is 12.3 Å². The minimum absolute atomic E-state index is 0.00961. The van der Waals surface area contributed by atoms with Crippen LogP contribution in [0.25, 0.3) is 11.2 Å². The van der Waals surface area contributed by atoms with Gasteiger partial charge in [-0.15, -0.1) is 0 Å². The maximum atomic E-state index is 12.5. The van der Waals surface area contributed by atoms with Gasteiger partial charge in [0.25, 0.3) is 5.56 Å². The van der Waals surface area contributed by atoms with Crippen molar-refractivity contribution in [3.8, 4) is 6.07 Å². The van der Waals surface area contributed by atoms with Gasteiger partial charge in [-0.05, 0) is 0 Å². The van der Waals surface area contributed by atoms with E-state index in [0.29, 0.717) is 0 Å². The van der Waals surface area contributed by atoms with Gasteiger partial charge in [-0.25, -0.2) is 4.98 Å². The standard InChI is InChI=1S/C18H27N6O12P3/c1-10(2)16(25)22-18-21-15-14(17(26)23-18)20-8-24(15)13-6-11(36-37(27)33-5-3-4-19)12(35-13)7-34-39(31,32)9-38(28,29)30/h8,10-13,37H,3,5-7,9H2,1-2H3,(H,31,32)(H2,28,29,30)(H2,21,22,23,25,26). The molecule has 0 saturated carbocycles. The van der Waals surface area contributed by atoms with Crippen LogP contribution in [-0.2, 0) is 36.8 Å². The second-order valence-corrected chi connectivity index (χ2v) is 13.7. The minimum atomic E-state index is -4.89. The van der Waals surface area contributed by atoms with E-state index in [4.69, 9.17) is 33.4 Å². The summed E-state index contributed by atoms with van der Waals surface area (Å²) < 4.78 is 58.0. The Labute approximate surface area is 221 Å². The fourth-order valence-electron chi connectivity index (χ4n) is 3.40. The molecular formula is C18H27N6O12P3. The van der Waals surface area contributed by atoms with Crippen LogP contribution in [-0.4, -0.2) is 71.4 Å². The van der Waals surface area contributed by atoms with Crippen LogP contribution in [0.2, 0.25) is 0 Å². The number of aromatic nitrogens is 4. The molecule has 5 unspecified atom stereocenters. The highest BCUT2D eigenvalue weighted by molar-refractivity contribution is 7.70. The highest BCUT2D eigenvalue weighted by Gasteiger charge is 2.41. The van der Waals surface area contributed by atoms with Crippen molar-refractivity contribution >= 4 is 46.5 Å². The van der Waals surface area contributed by atoms with Crippen molar-refractivity contribution in [1.29, 1.82) is 5.26 Å². The highest BCUT2D eigenvalue weighted by Crippen LogP contribution is 2.55. The summed E-state index contributed by atoms with van der Waals surface area (Å²) in [4.78, 5) is 63.1. The van der Waals surface area contributed by atoms with Gasteiger partial charge >= 0.3 is 23.4 Å². The van der Waals surface area contributed by atoms with Gasteiger partial charge in [0.15, 0.2) is 17.1 Å². The molecule has 3 rings (SSSR count). The third-order valence-corrected chi connectivity index (χ3v) is 9.56. The van der Waals surface area contributed by atoms with Gasteiger partial charge in [0.05, 0.1) is 38.1 Å². The van der Waals surface area contributed by atoms with Crippen LogP contribution in [0.1, 0.15) is 32.9 Å². The molecule has 1 amide bonds. The summed E-state index contributed by atoms with van der Waals surface area (Å²) in [5, 5.41) is 11.1. The number of nitriles is 1. The molecule has 1 aliphatic heterocycles. The van der Waals surface area contributed by atoms with Crippen LogP contribution in [0.3, 0.4) is 0 Å². The summed E-state index contributed by atoms with van der Waals surface area (Å²) in [6.07, 6.45) is -2.18. The summed E-state index contributed by atoms with van der Waals surface area (Å²) in [5.41, 5.74) is -0.735. The fraction of sp³-hybridized carbons (Fsp3) is 0.611. The van der Waals surface area contributed by atoms with E-state index < -0.39 is 71.8 Å². The first kappa shape index (κ1) is 31.3. The lowest BCUT2D eigenvalue weighted by Gasteiger charge is -2.20. The van der Waals surface area contributed by atoms with Crippen molar-refractivity contribution in [2.24, 2.45) is 5.92 Å². The van der Waals surface area contributed by atoms with E-state index in [1.54, 1.807) is 13.8 Å². The molecule has 0 aromatic carbocycles. The van der Waals surface area contributed by atoms with Gasteiger partial charge < -0.3 is 33.0 Å². The van der Waals surface area contributed by atoms with E-state index in [9.17, 15) is 28.2 Å². The number of rotatable bonds is 13. The molecular weight excluding hydrogens is 585 g/mol. The Morgan fingerprint density at radius 2 is 2.13 bits per heavy atom. The summed E-state index contributed by atoms with van der Waals surface area (Å²) in [6.45, 7) is 2.42. The number of hydrogen-bond acceptors (Lipinski definition) is 12. The molecule has 39 heavy (non-hydrogen) atoms. The summed E-state index contributed by atoms with van der Waals surface area (Å²) >= 11 is 0. The third-order valence-electron chi connectivity index (χ3n) is 5.17. The monoisotopic (exact) mass is 612 g/mol. The van der Waals surface area contributed by atoms with Gasteiger partial charge in [-0.2, -0.15) is 10.2 Å². The molecule has 5 atom stereocenters. The maximum Gasteiger partial charge on any atom is 0.340 e. The number of amides is 1. The predicted molar refractivity (Wildman–Crippen MR) is 133 cm³/mol. The predicted octanol–water partition coefficient (Wildman–Crippen LogP) is 1.04. The Morgan fingerprint density at radius 3 is 2.77 bits per heavy atom. The molecule has 0 aliphatic carbocycles. The van der Waals surface area contributed by atoms with Crippen LogP contribution in [0.4, 0.5) is 5.95 Å². The zero-order valence-electron chi connectivity index (χ0n) is 20.6. The van der Waals surface area contributed by atoms with E-state index in [-0.39, 0.29) is 36.6 Å². The number of anilines is 1. The molecule has 2 aromatic rings. The summed E-state index contributed by atoms with van der Waals surface area (Å²) in [6, 6.07) is 1.81. The molecule has 1 saturated heterocycles. The van der Waals surface area contributed by atoms with Gasteiger partial charge in [-0.1, -0.05) is 13.8 Å². The molecule has 3 heterocycles. The van der Waals surface area contributed by atoms with Crippen molar-refractivity contribution in [1.82, 2.24) is 19.5 Å². The number of aromatic amines is 1. The van der Waals surface area contributed by atoms with E-state index in [2.05, 4.69) is 20.3 Å². The van der Waals surface area contributed by atoms with E-state index >= 15 is 0 Å². The number of ether oxygens (including phenoxy) is 1. The molecule has 0 radical (unpaired) electrons. The van der Waals surface area contributed by atoms with Crippen LogP contribution < -0.4 is 10.9 Å². The average molecular weight is 612 g/mol. The van der Waals surface area contributed by atoms with Gasteiger partial charge in [0.2, 0.25) is 11.9 Å². The largest absolute Gasteiger partial charge is 0.349 e. The van der Waals surface area contributed by atoms with Crippen molar-refractivity contribution in [2.45, 2.75) is 45.1 Å². The highest BCUT2D eigenvalue weighted by atomic mass is 31.2. The molecule has 2 aromatic heterocycles. The molecule has 5 N–H and O–H groups in total. The number of imidazole rings is 1. The Bertz CT molecular complexity index is 1410. The molecule has 1 aliphatic rings. The Morgan fingerprint density at radius 1 is 1.41 bits per heavy atom. The zero-order valence-corrected chi connectivity index (χ0v) is 23.4. The normalized spacial score (nSPS) is 22.0. The maximum absolute atomic E-state index is 12.5. The molecule has 0 bridgehead atoms. The second-order valence-electron chi connectivity index (χ2n) is 8.65. The smallest absolute Gasteiger partial charge is 0.340 e. The zero-order chi connectivity index (χ0) is 29.0. The average Bonchev–Trinajstić information content (AvgIpc) is 3.40. The molecule has 216 valence electrons. The summed E-state index contributed by atoms with van der Waals surface area (Å²) in [5.74, 6) is -2.39. The van der Waals surface area contributed by atoms with Crippen LogP contribution >= 0.6 is 23.4 Å². The van der Waals surface area contributed by atoms with Crippen molar-refractivity contribution < 1.29 is 51.5 Å². The number of H-pyrrole nitrogens is 1. The van der Waals surface area contributed by atoms with E-state index in [1.165, 1.54) is 10.9 Å². The lowest BCUT2D eigenvalue weighted by molar-refractivity contribution is -0.118. The lowest BCUT2D eigenvalue weighted by Crippen LogP contribution is -2.27. The van der Waals surface area contributed by atoms with Gasteiger partial charge in [0.1, 0.15) is 12.3 Å². The number of nitrogens with zero attached hydrogens (tertiary/aromatic N) is 4. The molecule has 1 fully saturated rings. The lowest BCUT2D eigenvalue weighted by atomic mass is 10.2. The third kappa shape index (κ3) is 8.86. The quantitative estimate of drug-likeness (QED) is 0.156. The van der Waals surface area contributed by atoms with Crippen LogP contribution in [0.15, 0.2) is 11.1 Å². The Kier molecular flexibility index (Phi) is 10.4. The second kappa shape index (κ2) is 12.9. The first-order valence-electron chi connectivity index (χ1n) is 11.3. The number of carbonyl (C=O) groups excluding carboxylic acids is 1. The number of hydrogen-bond donors (Lipinski definition) is 5. The van der Waals surface area contributed by atoms with Crippen molar-refractivity contribution in [2.75, 3.05) is 24.4 Å². The Hall–Kier alpha value is -2.28. The molecule has 21 heteroatoms. The number of nitrogens with one attached hydrogen (secondary N) is 2.